The Kier molecular flexibility index (Phi) is 4.87. The minimum atomic E-state index is -2.85. The second kappa shape index (κ2) is 7.47. The van der Waals surface area contributed by atoms with E-state index in [1.807, 2.05) is 12.1 Å². The SMILES string of the molecule is C[C@]12CC[C@@H]3c4ccc(O)cc4CC[C@@H]3[C@H]1C/C(=C\c1ccc(OC(F)F)cc1)C2=O. The molecule has 0 spiro atoms. The zero-order valence-corrected chi connectivity index (χ0v) is 17.5. The lowest BCUT2D eigenvalue weighted by atomic mass is 9.55. The van der Waals surface area contributed by atoms with Gasteiger partial charge in [-0.2, -0.15) is 8.78 Å². The minimum Gasteiger partial charge on any atom is -0.508 e. The summed E-state index contributed by atoms with van der Waals surface area (Å²) in [6.45, 7) is -0.718. The van der Waals surface area contributed by atoms with Crippen molar-refractivity contribution >= 4 is 11.9 Å². The van der Waals surface area contributed by atoms with Crippen LogP contribution in [0.5, 0.6) is 11.5 Å². The number of carbonyl (C=O) groups is 1. The number of benzene rings is 2. The number of phenolic OH excluding ortho intramolecular Hbond substituents is 1. The van der Waals surface area contributed by atoms with Crippen molar-refractivity contribution in [2.45, 2.75) is 51.6 Å². The predicted molar refractivity (Wildman–Crippen MR) is 114 cm³/mol. The Morgan fingerprint density at radius 1 is 1.16 bits per heavy atom. The smallest absolute Gasteiger partial charge is 0.387 e. The number of aromatic hydroxyl groups is 1. The van der Waals surface area contributed by atoms with Crippen LogP contribution < -0.4 is 4.74 Å². The van der Waals surface area contributed by atoms with E-state index in [1.54, 1.807) is 18.2 Å². The minimum absolute atomic E-state index is 0.116. The maximum absolute atomic E-state index is 13.4. The summed E-state index contributed by atoms with van der Waals surface area (Å²) in [5.74, 6) is 1.90. The van der Waals surface area contributed by atoms with E-state index in [4.69, 9.17) is 0 Å². The highest BCUT2D eigenvalue weighted by atomic mass is 19.3. The molecule has 3 nitrogen and oxygen atoms in total. The summed E-state index contributed by atoms with van der Waals surface area (Å²) in [7, 11) is 0. The summed E-state index contributed by atoms with van der Waals surface area (Å²) < 4.78 is 29.2. The quantitative estimate of drug-likeness (QED) is 0.605. The van der Waals surface area contributed by atoms with Gasteiger partial charge >= 0.3 is 6.61 Å². The Morgan fingerprint density at radius 2 is 1.94 bits per heavy atom. The van der Waals surface area contributed by atoms with Gasteiger partial charge in [-0.3, -0.25) is 4.79 Å². The fraction of sp³-hybridized carbons (Fsp3) is 0.423. The van der Waals surface area contributed by atoms with Crippen molar-refractivity contribution in [3.8, 4) is 11.5 Å². The molecule has 3 aliphatic rings. The van der Waals surface area contributed by atoms with Crippen molar-refractivity contribution in [2.24, 2.45) is 17.3 Å². The van der Waals surface area contributed by atoms with Gasteiger partial charge in [-0.25, -0.2) is 0 Å². The van der Waals surface area contributed by atoms with E-state index in [1.165, 1.54) is 23.3 Å². The van der Waals surface area contributed by atoms with Crippen molar-refractivity contribution < 1.29 is 23.4 Å². The van der Waals surface area contributed by atoms with E-state index in [0.29, 0.717) is 23.5 Å². The summed E-state index contributed by atoms with van der Waals surface area (Å²) in [4.78, 5) is 13.4. The summed E-state index contributed by atoms with van der Waals surface area (Å²) in [6.07, 6.45) is 6.53. The Morgan fingerprint density at radius 3 is 2.68 bits per heavy atom. The van der Waals surface area contributed by atoms with E-state index in [0.717, 1.165) is 43.2 Å². The maximum Gasteiger partial charge on any atom is 0.387 e. The molecular weight excluding hydrogens is 398 g/mol. The highest BCUT2D eigenvalue weighted by molar-refractivity contribution is 6.06. The number of hydrogen-bond acceptors (Lipinski definition) is 3. The number of carbonyl (C=O) groups excluding carboxylic acids is 1. The first-order chi connectivity index (χ1) is 14.8. The van der Waals surface area contributed by atoms with Crippen LogP contribution in [0, 0.1) is 17.3 Å². The van der Waals surface area contributed by atoms with Crippen LogP contribution in [0.3, 0.4) is 0 Å². The molecule has 3 aliphatic carbocycles. The molecule has 162 valence electrons. The third-order valence-corrected chi connectivity index (χ3v) is 7.80. The van der Waals surface area contributed by atoms with Gasteiger partial charge in [0.25, 0.3) is 0 Å². The first-order valence-corrected chi connectivity index (χ1v) is 11.0. The normalized spacial score (nSPS) is 30.8. The average Bonchev–Trinajstić information content (AvgIpc) is 2.99. The number of fused-ring (bicyclic) bond motifs is 5. The van der Waals surface area contributed by atoms with Gasteiger partial charge in [0.1, 0.15) is 11.5 Å². The fourth-order valence-corrected chi connectivity index (χ4v) is 6.31. The number of rotatable bonds is 3. The number of alkyl halides is 2. The molecule has 1 N–H and O–H groups in total. The molecular formula is C26H26F2O3. The van der Waals surface area contributed by atoms with Crippen molar-refractivity contribution in [1.29, 1.82) is 0 Å². The molecule has 2 aromatic rings. The fourth-order valence-electron chi connectivity index (χ4n) is 6.31. The number of Topliss-reactive ketones (excluding diaryl/α,β-unsaturated/α-hetero) is 1. The van der Waals surface area contributed by atoms with Crippen LogP contribution in [0.1, 0.15) is 55.2 Å². The van der Waals surface area contributed by atoms with E-state index in [-0.39, 0.29) is 16.9 Å². The molecule has 2 saturated carbocycles. The van der Waals surface area contributed by atoms with Crippen molar-refractivity contribution in [2.75, 3.05) is 0 Å². The van der Waals surface area contributed by atoms with Crippen LogP contribution in [-0.4, -0.2) is 17.5 Å². The molecule has 5 heteroatoms. The topological polar surface area (TPSA) is 46.5 Å². The van der Waals surface area contributed by atoms with E-state index < -0.39 is 6.61 Å². The van der Waals surface area contributed by atoms with Crippen molar-refractivity contribution in [3.63, 3.8) is 0 Å². The Hall–Kier alpha value is -2.69. The highest BCUT2D eigenvalue weighted by Crippen LogP contribution is 2.60. The molecule has 0 heterocycles. The molecule has 31 heavy (non-hydrogen) atoms. The molecule has 5 rings (SSSR count). The van der Waals surface area contributed by atoms with Crippen LogP contribution in [-0.2, 0) is 11.2 Å². The number of hydrogen-bond donors (Lipinski definition) is 1. The molecule has 2 fully saturated rings. The molecule has 0 saturated heterocycles. The van der Waals surface area contributed by atoms with Crippen LogP contribution in [0.2, 0.25) is 0 Å². The lowest BCUT2D eigenvalue weighted by Crippen LogP contribution is -2.42. The van der Waals surface area contributed by atoms with Gasteiger partial charge in [0.15, 0.2) is 5.78 Å². The third kappa shape index (κ3) is 3.44. The molecule has 0 bridgehead atoms. The maximum atomic E-state index is 13.4. The summed E-state index contributed by atoms with van der Waals surface area (Å²) in [5.41, 5.74) is 3.92. The predicted octanol–water partition coefficient (Wildman–Crippen LogP) is 6.11. The Balaban J connectivity index is 1.41. The molecule has 0 aromatic heterocycles. The van der Waals surface area contributed by atoms with Gasteiger partial charge in [0, 0.05) is 5.41 Å². The Labute approximate surface area is 180 Å². The molecule has 0 radical (unpaired) electrons. The van der Waals surface area contributed by atoms with Crippen molar-refractivity contribution in [3.05, 3.63) is 64.7 Å². The number of phenols is 1. The number of ether oxygens (including phenoxy) is 1. The van der Waals surface area contributed by atoms with Crippen LogP contribution in [0.25, 0.3) is 6.08 Å². The molecule has 4 atom stereocenters. The van der Waals surface area contributed by atoms with Gasteiger partial charge in [0.05, 0.1) is 0 Å². The van der Waals surface area contributed by atoms with Gasteiger partial charge in [-0.05, 0) is 102 Å². The number of aryl methyl sites for hydroxylation is 1. The lowest BCUT2D eigenvalue weighted by Gasteiger charge is -2.48. The standard InChI is InChI=1S/C26H26F2O3/c1-26-11-10-21-20-9-5-18(29)13-16(20)4-8-22(21)23(26)14-17(24(26)30)12-15-2-6-19(7-3-15)31-25(27)28/h2-3,5-7,9,12-13,21-23,25,29H,4,8,10-11,14H2,1H3/b17-12+/t21-,22+,23-,26+/m1/s1. The van der Waals surface area contributed by atoms with Gasteiger partial charge < -0.3 is 9.84 Å². The third-order valence-electron chi connectivity index (χ3n) is 7.80. The average molecular weight is 424 g/mol. The van der Waals surface area contributed by atoms with Crippen molar-refractivity contribution in [1.82, 2.24) is 0 Å². The van der Waals surface area contributed by atoms with Crippen LogP contribution in [0.4, 0.5) is 8.78 Å². The van der Waals surface area contributed by atoms with E-state index in [2.05, 4.69) is 17.7 Å². The molecule has 0 aliphatic heterocycles. The molecule has 2 aromatic carbocycles. The lowest BCUT2D eigenvalue weighted by molar-refractivity contribution is -0.127. The number of ketones is 1. The molecule has 0 unspecified atom stereocenters. The van der Waals surface area contributed by atoms with Gasteiger partial charge in [-0.15, -0.1) is 0 Å². The Bertz CT molecular complexity index is 1040. The first kappa shape index (κ1) is 20.2. The monoisotopic (exact) mass is 424 g/mol. The second-order valence-corrected chi connectivity index (χ2v) is 9.41. The highest BCUT2D eigenvalue weighted by Gasteiger charge is 2.56. The largest absolute Gasteiger partial charge is 0.508 e. The summed E-state index contributed by atoms with van der Waals surface area (Å²) in [5, 5.41) is 9.85. The summed E-state index contributed by atoms with van der Waals surface area (Å²) >= 11 is 0. The van der Waals surface area contributed by atoms with E-state index >= 15 is 0 Å². The van der Waals surface area contributed by atoms with Crippen LogP contribution in [0.15, 0.2) is 48.0 Å². The second-order valence-electron chi connectivity index (χ2n) is 9.41. The summed E-state index contributed by atoms with van der Waals surface area (Å²) in [6, 6.07) is 12.2. The number of allylic oxidation sites excluding steroid dienone is 1. The molecule has 0 amide bonds. The zero-order valence-electron chi connectivity index (χ0n) is 17.5. The first-order valence-electron chi connectivity index (χ1n) is 11.0. The van der Waals surface area contributed by atoms with E-state index in [9.17, 15) is 18.7 Å². The zero-order chi connectivity index (χ0) is 21.8. The van der Waals surface area contributed by atoms with Gasteiger partial charge in [-0.1, -0.05) is 25.1 Å². The number of halogens is 2. The van der Waals surface area contributed by atoms with Crippen LogP contribution >= 0.6 is 0 Å². The van der Waals surface area contributed by atoms with Gasteiger partial charge in [0.2, 0.25) is 0 Å².